The lowest BCUT2D eigenvalue weighted by Crippen LogP contribution is -2.27. The molecule has 1 aliphatic carbocycles. The smallest absolute Gasteiger partial charge is 0.270 e. The van der Waals surface area contributed by atoms with Crippen molar-refractivity contribution in [1.29, 1.82) is 0 Å². The predicted molar refractivity (Wildman–Crippen MR) is 89.2 cm³/mol. The molecule has 0 radical (unpaired) electrons. The van der Waals surface area contributed by atoms with Gasteiger partial charge < -0.3 is 14.4 Å². The van der Waals surface area contributed by atoms with Crippen molar-refractivity contribution in [3.05, 3.63) is 51.5 Å². The molecule has 1 aliphatic rings. The Kier molecular flexibility index (Phi) is 3.53. The number of aromatic nitrogens is 3. The van der Waals surface area contributed by atoms with Gasteiger partial charge in [0.1, 0.15) is 10.4 Å². The largest absolute Gasteiger partial charge is 0.333 e. The van der Waals surface area contributed by atoms with Gasteiger partial charge >= 0.3 is 0 Å². The molecule has 24 heavy (non-hydrogen) atoms. The van der Waals surface area contributed by atoms with Crippen LogP contribution in [0.25, 0.3) is 10.8 Å². The minimum atomic E-state index is -0.460. The van der Waals surface area contributed by atoms with E-state index in [0.29, 0.717) is 28.2 Å². The maximum atomic E-state index is 12.4. The lowest BCUT2D eigenvalue weighted by Gasteiger charge is -2.05. The van der Waals surface area contributed by atoms with Crippen molar-refractivity contribution < 1.29 is 9.32 Å². The van der Waals surface area contributed by atoms with Gasteiger partial charge in [-0.1, -0.05) is 5.16 Å². The lowest BCUT2D eigenvalue weighted by molar-refractivity contribution is 0.102. The number of rotatable bonds is 4. The standard InChI is InChI=1S/C16H14N4O3S/c1-20-7-2-3-10(16(20)22)14(21)17-11-6-8-24-12(11)15-18-13(19-23-15)9-4-5-9/h2-3,6-9H,4-5H2,1H3,(H,17,21). The number of hydrogen-bond donors (Lipinski definition) is 1. The van der Waals surface area contributed by atoms with Gasteiger partial charge in [-0.05, 0) is 36.4 Å². The summed E-state index contributed by atoms with van der Waals surface area (Å²) >= 11 is 1.40. The van der Waals surface area contributed by atoms with Crippen LogP contribution in [0.2, 0.25) is 0 Å². The summed E-state index contributed by atoms with van der Waals surface area (Å²) in [5.41, 5.74) is 0.295. The zero-order valence-corrected chi connectivity index (χ0v) is 13.7. The molecule has 0 spiro atoms. The highest BCUT2D eigenvalue weighted by molar-refractivity contribution is 7.14. The maximum Gasteiger partial charge on any atom is 0.270 e. The highest BCUT2D eigenvalue weighted by Gasteiger charge is 2.29. The van der Waals surface area contributed by atoms with Gasteiger partial charge in [0.25, 0.3) is 17.4 Å². The number of amides is 1. The molecule has 0 saturated heterocycles. The van der Waals surface area contributed by atoms with E-state index >= 15 is 0 Å². The summed E-state index contributed by atoms with van der Waals surface area (Å²) in [5, 5.41) is 8.58. The molecule has 3 aromatic heterocycles. The topological polar surface area (TPSA) is 90.0 Å². The Balaban J connectivity index is 1.61. The summed E-state index contributed by atoms with van der Waals surface area (Å²) in [6.07, 6.45) is 3.78. The number of aryl methyl sites for hydroxylation is 1. The molecule has 3 heterocycles. The Bertz CT molecular complexity index is 968. The van der Waals surface area contributed by atoms with E-state index in [-0.39, 0.29) is 11.1 Å². The van der Waals surface area contributed by atoms with Crippen LogP contribution in [-0.4, -0.2) is 20.6 Å². The van der Waals surface area contributed by atoms with Crippen LogP contribution in [0, 0.1) is 0 Å². The van der Waals surface area contributed by atoms with E-state index in [1.54, 1.807) is 25.4 Å². The quantitative estimate of drug-likeness (QED) is 0.787. The third-order valence-electron chi connectivity index (χ3n) is 3.86. The van der Waals surface area contributed by atoms with Gasteiger partial charge in [0.05, 0.1) is 5.69 Å². The number of anilines is 1. The fourth-order valence-corrected chi connectivity index (χ4v) is 3.14. The molecular weight excluding hydrogens is 328 g/mol. The second-order valence-electron chi connectivity index (χ2n) is 5.69. The van der Waals surface area contributed by atoms with Crippen molar-refractivity contribution in [2.45, 2.75) is 18.8 Å². The molecule has 122 valence electrons. The van der Waals surface area contributed by atoms with Gasteiger partial charge in [-0.15, -0.1) is 11.3 Å². The average molecular weight is 342 g/mol. The first-order valence-corrected chi connectivity index (χ1v) is 8.40. The highest BCUT2D eigenvalue weighted by atomic mass is 32.1. The van der Waals surface area contributed by atoms with Gasteiger partial charge in [0.15, 0.2) is 5.82 Å². The minimum absolute atomic E-state index is 0.0846. The van der Waals surface area contributed by atoms with E-state index in [4.69, 9.17) is 4.52 Å². The molecular formula is C16H14N4O3S. The zero-order chi connectivity index (χ0) is 16.7. The molecule has 7 nitrogen and oxygen atoms in total. The summed E-state index contributed by atoms with van der Waals surface area (Å²) in [7, 11) is 1.60. The number of hydrogen-bond acceptors (Lipinski definition) is 6. The molecule has 0 aliphatic heterocycles. The van der Waals surface area contributed by atoms with Gasteiger partial charge in [0, 0.05) is 19.2 Å². The summed E-state index contributed by atoms with van der Waals surface area (Å²) in [4.78, 5) is 29.5. The van der Waals surface area contributed by atoms with Crippen LogP contribution in [0.1, 0.15) is 34.9 Å². The third kappa shape index (κ3) is 2.65. The predicted octanol–water partition coefficient (Wildman–Crippen LogP) is 2.63. The highest BCUT2D eigenvalue weighted by Crippen LogP contribution is 2.40. The lowest BCUT2D eigenvalue weighted by atomic mass is 10.2. The molecule has 8 heteroatoms. The van der Waals surface area contributed by atoms with Gasteiger partial charge in [-0.2, -0.15) is 4.98 Å². The fourth-order valence-electron chi connectivity index (χ4n) is 2.37. The molecule has 0 unspecified atom stereocenters. The number of thiophene rings is 1. The molecule has 1 N–H and O–H groups in total. The SMILES string of the molecule is Cn1cccc(C(=O)Nc2ccsc2-c2nc(C3CC3)no2)c1=O. The average Bonchev–Trinajstić information content (AvgIpc) is 3.12. The molecule has 0 bridgehead atoms. The van der Waals surface area contributed by atoms with E-state index < -0.39 is 5.91 Å². The van der Waals surface area contributed by atoms with Crippen LogP contribution in [0.4, 0.5) is 5.69 Å². The normalized spacial score (nSPS) is 13.9. The second kappa shape index (κ2) is 5.72. The van der Waals surface area contributed by atoms with Crippen LogP contribution in [0.5, 0.6) is 0 Å². The Hall–Kier alpha value is -2.74. The van der Waals surface area contributed by atoms with Crippen molar-refractivity contribution in [2.24, 2.45) is 7.05 Å². The number of carbonyl (C=O) groups is 1. The number of nitrogens with zero attached hydrogens (tertiary/aromatic N) is 3. The molecule has 1 saturated carbocycles. The summed E-state index contributed by atoms with van der Waals surface area (Å²) < 4.78 is 6.68. The molecule has 0 atom stereocenters. The molecule has 1 fully saturated rings. The number of nitrogens with one attached hydrogen (secondary N) is 1. The summed E-state index contributed by atoms with van der Waals surface area (Å²) in [5.74, 6) is 1.04. The summed E-state index contributed by atoms with van der Waals surface area (Å²) in [6.45, 7) is 0. The molecule has 3 aromatic rings. The van der Waals surface area contributed by atoms with Crippen molar-refractivity contribution in [1.82, 2.24) is 14.7 Å². The maximum absolute atomic E-state index is 12.4. The third-order valence-corrected chi connectivity index (χ3v) is 4.76. The van der Waals surface area contributed by atoms with Crippen molar-refractivity contribution in [3.8, 4) is 10.8 Å². The molecule has 0 aromatic carbocycles. The van der Waals surface area contributed by atoms with Crippen molar-refractivity contribution in [3.63, 3.8) is 0 Å². The van der Waals surface area contributed by atoms with Gasteiger partial charge in [-0.25, -0.2) is 0 Å². The fraction of sp³-hybridized carbons (Fsp3) is 0.250. The van der Waals surface area contributed by atoms with Crippen LogP contribution < -0.4 is 10.9 Å². The molecule has 1 amide bonds. The van der Waals surface area contributed by atoms with Crippen molar-refractivity contribution >= 4 is 22.9 Å². The first kappa shape index (κ1) is 14.8. The summed E-state index contributed by atoms with van der Waals surface area (Å²) in [6, 6.07) is 4.92. The van der Waals surface area contributed by atoms with E-state index in [9.17, 15) is 9.59 Å². The van der Waals surface area contributed by atoms with Crippen LogP contribution in [0.3, 0.4) is 0 Å². The van der Waals surface area contributed by atoms with Crippen LogP contribution in [0.15, 0.2) is 39.1 Å². The van der Waals surface area contributed by atoms with Crippen LogP contribution in [-0.2, 0) is 7.05 Å². The number of carbonyl (C=O) groups excluding carboxylic acids is 1. The molecule has 4 rings (SSSR count). The van der Waals surface area contributed by atoms with E-state index in [1.807, 2.05) is 5.38 Å². The van der Waals surface area contributed by atoms with E-state index in [1.165, 1.54) is 22.0 Å². The minimum Gasteiger partial charge on any atom is -0.333 e. The Morgan fingerprint density at radius 1 is 1.42 bits per heavy atom. The van der Waals surface area contributed by atoms with E-state index in [2.05, 4.69) is 15.5 Å². The van der Waals surface area contributed by atoms with Gasteiger partial charge in [0.2, 0.25) is 0 Å². The first-order valence-electron chi connectivity index (χ1n) is 7.52. The second-order valence-corrected chi connectivity index (χ2v) is 6.60. The van der Waals surface area contributed by atoms with E-state index in [0.717, 1.165) is 12.8 Å². The first-order chi connectivity index (χ1) is 11.6. The van der Waals surface area contributed by atoms with Crippen molar-refractivity contribution in [2.75, 3.05) is 5.32 Å². The monoisotopic (exact) mass is 342 g/mol. The zero-order valence-electron chi connectivity index (χ0n) is 12.9. The Morgan fingerprint density at radius 2 is 2.25 bits per heavy atom. The van der Waals surface area contributed by atoms with Gasteiger partial charge in [-0.3, -0.25) is 9.59 Å². The number of pyridine rings is 1. The Labute approximate surface area is 140 Å². The Morgan fingerprint density at radius 3 is 3.04 bits per heavy atom. The van der Waals surface area contributed by atoms with Crippen LogP contribution >= 0.6 is 11.3 Å².